The summed E-state index contributed by atoms with van der Waals surface area (Å²) < 4.78 is 19.6. The second kappa shape index (κ2) is 7.96. The summed E-state index contributed by atoms with van der Waals surface area (Å²) in [5.74, 6) is 1.15. The summed E-state index contributed by atoms with van der Waals surface area (Å²) in [7, 11) is 0. The van der Waals surface area contributed by atoms with Gasteiger partial charge in [-0.25, -0.2) is 4.39 Å². The van der Waals surface area contributed by atoms with Gasteiger partial charge in [0.2, 0.25) is 0 Å². The number of furan rings is 1. The molecule has 1 aliphatic rings. The van der Waals surface area contributed by atoms with Gasteiger partial charge in [0.1, 0.15) is 23.4 Å². The molecule has 1 aliphatic heterocycles. The van der Waals surface area contributed by atoms with Crippen LogP contribution in [0.25, 0.3) is 11.3 Å². The molecule has 0 aliphatic carbocycles. The molecule has 1 saturated heterocycles. The van der Waals surface area contributed by atoms with Gasteiger partial charge in [0, 0.05) is 17.4 Å². The van der Waals surface area contributed by atoms with Crippen molar-refractivity contribution in [3.8, 4) is 11.3 Å². The van der Waals surface area contributed by atoms with Crippen molar-refractivity contribution in [3.05, 3.63) is 108 Å². The number of rotatable bonds is 4. The maximum absolute atomic E-state index is 13.3. The van der Waals surface area contributed by atoms with Gasteiger partial charge in [0.05, 0.1) is 11.7 Å². The van der Waals surface area contributed by atoms with Crippen LogP contribution in [-0.2, 0) is 0 Å². The molecule has 1 N–H and O–H groups in total. The van der Waals surface area contributed by atoms with E-state index in [-0.39, 0.29) is 17.9 Å². The average molecular weight is 430 g/mol. The fourth-order valence-corrected chi connectivity index (χ4v) is 4.25. The fraction of sp³-hybridized carbons (Fsp3) is 0.120. The lowest BCUT2D eigenvalue weighted by molar-refractivity contribution is 0.439. The van der Waals surface area contributed by atoms with Crippen LogP contribution in [0.15, 0.2) is 89.5 Å². The monoisotopic (exact) mass is 429 g/mol. The number of hydrogen-bond donors (Lipinski definition) is 1. The zero-order valence-electron chi connectivity index (χ0n) is 16.8. The lowest BCUT2D eigenvalue weighted by Gasteiger charge is -2.26. The van der Waals surface area contributed by atoms with Gasteiger partial charge in [0.25, 0.3) is 0 Å². The Morgan fingerprint density at radius 2 is 1.74 bits per heavy atom. The first-order valence-corrected chi connectivity index (χ1v) is 10.4. The summed E-state index contributed by atoms with van der Waals surface area (Å²) in [6.45, 7) is 2.06. The lowest BCUT2D eigenvalue weighted by Crippen LogP contribution is -2.29. The molecule has 5 rings (SSSR count). The standard InChI is InChI=1S/C25H20FN3OS/c1-16-5-11-19(12-6-16)29-24(23(28-25(29)31)20-4-2-3-15-27-20)22-14-13-21(30-22)17-7-9-18(26)10-8-17/h2-15,23-24H,1H3,(H,28,31). The van der Waals surface area contributed by atoms with Crippen molar-refractivity contribution in [1.82, 2.24) is 10.3 Å². The van der Waals surface area contributed by atoms with Gasteiger partial charge < -0.3 is 14.6 Å². The molecule has 6 heteroatoms. The van der Waals surface area contributed by atoms with Crippen molar-refractivity contribution in [3.63, 3.8) is 0 Å². The van der Waals surface area contributed by atoms with Crippen LogP contribution in [-0.4, -0.2) is 10.1 Å². The van der Waals surface area contributed by atoms with Gasteiger partial charge in [0.15, 0.2) is 5.11 Å². The quantitative estimate of drug-likeness (QED) is 0.405. The summed E-state index contributed by atoms with van der Waals surface area (Å²) in [5, 5.41) is 4.04. The Labute approximate surface area is 185 Å². The maximum Gasteiger partial charge on any atom is 0.174 e. The summed E-state index contributed by atoms with van der Waals surface area (Å²) >= 11 is 5.73. The van der Waals surface area contributed by atoms with Crippen molar-refractivity contribution < 1.29 is 8.81 Å². The molecule has 0 saturated carbocycles. The number of nitrogens with one attached hydrogen (secondary N) is 1. The minimum Gasteiger partial charge on any atom is -0.459 e. The molecule has 2 atom stereocenters. The highest BCUT2D eigenvalue weighted by Gasteiger charge is 2.42. The third-order valence-corrected chi connectivity index (χ3v) is 5.77. The summed E-state index contributed by atoms with van der Waals surface area (Å²) in [6, 6.07) is 23.8. The predicted molar refractivity (Wildman–Crippen MR) is 123 cm³/mol. The Bertz CT molecular complexity index is 1210. The van der Waals surface area contributed by atoms with Crippen molar-refractivity contribution in [2.45, 2.75) is 19.0 Å². The summed E-state index contributed by atoms with van der Waals surface area (Å²) in [5.41, 5.74) is 3.85. The van der Waals surface area contributed by atoms with Gasteiger partial charge in [-0.15, -0.1) is 0 Å². The smallest absolute Gasteiger partial charge is 0.174 e. The van der Waals surface area contributed by atoms with Crippen LogP contribution in [0.4, 0.5) is 10.1 Å². The second-order valence-corrected chi connectivity index (χ2v) is 7.93. The molecule has 2 unspecified atom stereocenters. The average Bonchev–Trinajstić information content (AvgIpc) is 3.40. The third kappa shape index (κ3) is 3.70. The third-order valence-electron chi connectivity index (χ3n) is 5.46. The molecule has 0 radical (unpaired) electrons. The molecule has 3 heterocycles. The van der Waals surface area contributed by atoms with E-state index in [1.54, 1.807) is 18.3 Å². The Morgan fingerprint density at radius 3 is 2.45 bits per heavy atom. The van der Waals surface area contributed by atoms with Crippen molar-refractivity contribution in [2.75, 3.05) is 4.90 Å². The molecule has 0 bridgehead atoms. The largest absolute Gasteiger partial charge is 0.459 e. The molecule has 2 aromatic heterocycles. The predicted octanol–water partition coefficient (Wildman–Crippen LogP) is 5.97. The van der Waals surface area contributed by atoms with E-state index in [0.717, 1.165) is 22.7 Å². The Balaban J connectivity index is 1.59. The molecule has 154 valence electrons. The van der Waals surface area contributed by atoms with E-state index in [1.807, 2.05) is 30.3 Å². The zero-order valence-corrected chi connectivity index (χ0v) is 17.6. The number of aromatic nitrogens is 1. The number of thiocarbonyl (C=S) groups is 1. The highest BCUT2D eigenvalue weighted by Crippen LogP contribution is 2.42. The number of hydrogen-bond acceptors (Lipinski definition) is 3. The SMILES string of the molecule is Cc1ccc(N2C(=S)NC(c3ccccn3)C2c2ccc(-c3ccc(F)cc3)o2)cc1. The zero-order chi connectivity index (χ0) is 21.4. The number of nitrogens with zero attached hydrogens (tertiary/aromatic N) is 2. The Hall–Kier alpha value is -3.51. The minimum atomic E-state index is -0.276. The Morgan fingerprint density at radius 1 is 0.968 bits per heavy atom. The molecule has 0 amide bonds. The second-order valence-electron chi connectivity index (χ2n) is 7.54. The van der Waals surface area contributed by atoms with Gasteiger partial charge >= 0.3 is 0 Å². The number of halogens is 1. The highest BCUT2D eigenvalue weighted by atomic mass is 32.1. The van der Waals surface area contributed by atoms with E-state index in [1.165, 1.54) is 17.7 Å². The van der Waals surface area contributed by atoms with Gasteiger partial charge in [-0.1, -0.05) is 23.8 Å². The lowest BCUT2D eigenvalue weighted by atomic mass is 10.0. The first-order chi connectivity index (χ1) is 15.1. The van der Waals surface area contributed by atoms with E-state index >= 15 is 0 Å². The van der Waals surface area contributed by atoms with Crippen LogP contribution >= 0.6 is 12.2 Å². The maximum atomic E-state index is 13.3. The molecule has 4 nitrogen and oxygen atoms in total. The van der Waals surface area contributed by atoms with Crippen LogP contribution in [0.2, 0.25) is 0 Å². The molecule has 31 heavy (non-hydrogen) atoms. The van der Waals surface area contributed by atoms with Gasteiger partial charge in [-0.3, -0.25) is 4.98 Å². The van der Waals surface area contributed by atoms with Crippen LogP contribution in [0, 0.1) is 12.7 Å². The normalized spacial score (nSPS) is 18.3. The number of aryl methyl sites for hydroxylation is 1. The van der Waals surface area contributed by atoms with E-state index in [0.29, 0.717) is 10.9 Å². The molecular weight excluding hydrogens is 409 g/mol. The fourth-order valence-electron chi connectivity index (χ4n) is 3.91. The Kier molecular flexibility index (Phi) is 5.00. The highest BCUT2D eigenvalue weighted by molar-refractivity contribution is 7.80. The molecule has 1 fully saturated rings. The van der Waals surface area contributed by atoms with Crippen molar-refractivity contribution >= 4 is 23.0 Å². The van der Waals surface area contributed by atoms with Crippen LogP contribution in [0.3, 0.4) is 0 Å². The molecule has 2 aromatic carbocycles. The minimum absolute atomic E-state index is 0.178. The van der Waals surface area contributed by atoms with E-state index in [2.05, 4.69) is 46.4 Å². The van der Waals surface area contributed by atoms with Crippen LogP contribution < -0.4 is 10.2 Å². The first kappa shape index (κ1) is 19.5. The van der Waals surface area contributed by atoms with E-state index in [9.17, 15) is 4.39 Å². The van der Waals surface area contributed by atoms with Crippen molar-refractivity contribution in [1.29, 1.82) is 0 Å². The summed E-state index contributed by atoms with van der Waals surface area (Å²) in [4.78, 5) is 6.63. The van der Waals surface area contributed by atoms with Crippen LogP contribution in [0.1, 0.15) is 29.1 Å². The van der Waals surface area contributed by atoms with E-state index < -0.39 is 0 Å². The van der Waals surface area contributed by atoms with Gasteiger partial charge in [-0.05, 0) is 79.8 Å². The number of benzene rings is 2. The van der Waals surface area contributed by atoms with E-state index in [4.69, 9.17) is 16.6 Å². The number of pyridine rings is 1. The first-order valence-electron chi connectivity index (χ1n) is 10.0. The molecule has 4 aromatic rings. The van der Waals surface area contributed by atoms with Crippen molar-refractivity contribution in [2.24, 2.45) is 0 Å². The molecular formula is C25H20FN3OS. The molecule has 0 spiro atoms. The van der Waals surface area contributed by atoms with Gasteiger partial charge in [-0.2, -0.15) is 0 Å². The summed E-state index contributed by atoms with van der Waals surface area (Å²) in [6.07, 6.45) is 1.78. The van der Waals surface area contributed by atoms with Crippen LogP contribution in [0.5, 0.6) is 0 Å². The topological polar surface area (TPSA) is 41.3 Å². The number of anilines is 1.